The van der Waals surface area contributed by atoms with Crippen LogP contribution in [0.4, 0.5) is 0 Å². The summed E-state index contributed by atoms with van der Waals surface area (Å²) < 4.78 is 15.7. The second-order valence-electron chi connectivity index (χ2n) is 5.02. The molecule has 0 radical (unpaired) electrons. The molecule has 0 unspecified atom stereocenters. The third-order valence-corrected chi connectivity index (χ3v) is 3.43. The summed E-state index contributed by atoms with van der Waals surface area (Å²) in [4.78, 5) is 11.4. The monoisotopic (exact) mass is 311 g/mol. The smallest absolute Gasteiger partial charge is 0.337 e. The Balaban J connectivity index is 1.61. The van der Waals surface area contributed by atoms with Crippen molar-refractivity contribution in [3.05, 3.63) is 71.9 Å². The lowest BCUT2D eigenvalue weighted by atomic mass is 10.1. The van der Waals surface area contributed by atoms with E-state index in [0.29, 0.717) is 18.7 Å². The Morgan fingerprint density at radius 1 is 1.04 bits per heavy atom. The molecule has 0 fully saturated rings. The standard InChI is InChI=1S/C18H17NO4/c1-21-18(20)14-6-4-13(5-7-14)17-9-8-16(23-17)12-19-11-15-3-2-10-22-15/h2-10,19H,11-12H2,1H3. The fourth-order valence-corrected chi connectivity index (χ4v) is 2.24. The highest BCUT2D eigenvalue weighted by Gasteiger charge is 2.08. The molecule has 0 spiro atoms. The summed E-state index contributed by atoms with van der Waals surface area (Å²) in [5.41, 5.74) is 1.43. The van der Waals surface area contributed by atoms with E-state index in [4.69, 9.17) is 8.83 Å². The molecular weight excluding hydrogens is 294 g/mol. The number of carbonyl (C=O) groups excluding carboxylic acids is 1. The van der Waals surface area contributed by atoms with Gasteiger partial charge in [0.25, 0.3) is 0 Å². The van der Waals surface area contributed by atoms with Crippen LogP contribution in [0.2, 0.25) is 0 Å². The van der Waals surface area contributed by atoms with E-state index >= 15 is 0 Å². The first kappa shape index (κ1) is 15.1. The Morgan fingerprint density at radius 2 is 1.83 bits per heavy atom. The van der Waals surface area contributed by atoms with Crippen LogP contribution in [0, 0.1) is 0 Å². The molecule has 118 valence electrons. The summed E-state index contributed by atoms with van der Waals surface area (Å²) >= 11 is 0. The van der Waals surface area contributed by atoms with Crippen LogP contribution in [0.15, 0.2) is 63.6 Å². The van der Waals surface area contributed by atoms with E-state index in [1.54, 1.807) is 18.4 Å². The van der Waals surface area contributed by atoms with Gasteiger partial charge in [0.15, 0.2) is 0 Å². The van der Waals surface area contributed by atoms with E-state index < -0.39 is 0 Å². The van der Waals surface area contributed by atoms with Crippen LogP contribution in [0.5, 0.6) is 0 Å². The predicted molar refractivity (Wildman–Crippen MR) is 84.7 cm³/mol. The average Bonchev–Trinajstić information content (AvgIpc) is 3.26. The minimum absolute atomic E-state index is 0.348. The summed E-state index contributed by atoms with van der Waals surface area (Å²) in [7, 11) is 1.37. The maximum atomic E-state index is 11.4. The van der Waals surface area contributed by atoms with Gasteiger partial charge in [0.1, 0.15) is 17.3 Å². The minimum Gasteiger partial charge on any atom is -0.468 e. The summed E-state index contributed by atoms with van der Waals surface area (Å²) in [5, 5.41) is 3.25. The van der Waals surface area contributed by atoms with E-state index in [2.05, 4.69) is 10.1 Å². The highest BCUT2D eigenvalue weighted by atomic mass is 16.5. The van der Waals surface area contributed by atoms with E-state index in [1.807, 2.05) is 36.4 Å². The number of nitrogens with one attached hydrogen (secondary N) is 1. The third-order valence-electron chi connectivity index (χ3n) is 3.43. The molecule has 5 nitrogen and oxygen atoms in total. The quantitative estimate of drug-likeness (QED) is 0.704. The summed E-state index contributed by atoms with van der Waals surface area (Å²) in [6.07, 6.45) is 1.65. The number of ether oxygens (including phenoxy) is 1. The zero-order valence-corrected chi connectivity index (χ0v) is 12.7. The highest BCUT2D eigenvalue weighted by Crippen LogP contribution is 2.22. The van der Waals surface area contributed by atoms with E-state index in [-0.39, 0.29) is 5.97 Å². The van der Waals surface area contributed by atoms with E-state index in [0.717, 1.165) is 22.8 Å². The number of hydrogen-bond acceptors (Lipinski definition) is 5. The first-order chi connectivity index (χ1) is 11.3. The van der Waals surface area contributed by atoms with E-state index in [9.17, 15) is 4.79 Å². The number of benzene rings is 1. The molecule has 0 saturated heterocycles. The maximum Gasteiger partial charge on any atom is 0.337 e. The van der Waals surface area contributed by atoms with Gasteiger partial charge in [-0.25, -0.2) is 4.79 Å². The molecule has 1 N–H and O–H groups in total. The van der Waals surface area contributed by atoms with Crippen molar-refractivity contribution >= 4 is 5.97 Å². The molecule has 0 amide bonds. The number of furan rings is 2. The topological polar surface area (TPSA) is 64.6 Å². The molecule has 0 bridgehead atoms. The van der Waals surface area contributed by atoms with Gasteiger partial charge >= 0.3 is 5.97 Å². The molecule has 3 aromatic rings. The third kappa shape index (κ3) is 3.70. The molecule has 0 aliphatic heterocycles. The molecule has 23 heavy (non-hydrogen) atoms. The molecule has 0 aliphatic rings. The molecule has 0 saturated carbocycles. The van der Waals surface area contributed by atoms with Crippen LogP contribution in [0.1, 0.15) is 21.9 Å². The second kappa shape index (κ2) is 6.98. The number of hydrogen-bond donors (Lipinski definition) is 1. The Kier molecular flexibility index (Phi) is 4.59. The zero-order chi connectivity index (χ0) is 16.1. The summed E-state index contributed by atoms with van der Waals surface area (Å²) in [6, 6.07) is 14.7. The van der Waals surface area contributed by atoms with Crippen LogP contribution < -0.4 is 5.32 Å². The number of methoxy groups -OCH3 is 1. The number of esters is 1. The lowest BCUT2D eigenvalue weighted by molar-refractivity contribution is 0.0600. The average molecular weight is 311 g/mol. The molecule has 2 heterocycles. The van der Waals surface area contributed by atoms with Crippen LogP contribution >= 0.6 is 0 Å². The number of rotatable bonds is 6. The molecular formula is C18H17NO4. The van der Waals surface area contributed by atoms with Crippen molar-refractivity contribution in [3.63, 3.8) is 0 Å². The Hall–Kier alpha value is -2.79. The van der Waals surface area contributed by atoms with Gasteiger partial charge in [0.05, 0.1) is 32.0 Å². The van der Waals surface area contributed by atoms with Gasteiger partial charge in [-0.05, 0) is 36.4 Å². The predicted octanol–water partition coefficient (Wildman–Crippen LogP) is 3.62. The SMILES string of the molecule is COC(=O)c1ccc(-c2ccc(CNCc3ccco3)o2)cc1. The van der Waals surface area contributed by atoms with Crippen molar-refractivity contribution < 1.29 is 18.4 Å². The van der Waals surface area contributed by atoms with Gasteiger partial charge in [0.2, 0.25) is 0 Å². The van der Waals surface area contributed by atoms with Crippen molar-refractivity contribution in [1.82, 2.24) is 5.32 Å². The summed E-state index contributed by atoms with van der Waals surface area (Å²) in [6.45, 7) is 1.26. The Bertz CT molecular complexity index is 757. The normalized spacial score (nSPS) is 10.7. The van der Waals surface area contributed by atoms with Gasteiger partial charge in [-0.3, -0.25) is 0 Å². The highest BCUT2D eigenvalue weighted by molar-refractivity contribution is 5.89. The molecule has 3 rings (SSSR count). The van der Waals surface area contributed by atoms with Crippen LogP contribution in [-0.2, 0) is 17.8 Å². The van der Waals surface area contributed by atoms with Crippen molar-refractivity contribution in [1.29, 1.82) is 0 Å². The zero-order valence-electron chi connectivity index (χ0n) is 12.7. The van der Waals surface area contributed by atoms with Gasteiger partial charge < -0.3 is 18.9 Å². The maximum absolute atomic E-state index is 11.4. The lowest BCUT2D eigenvalue weighted by Gasteiger charge is -2.02. The first-order valence-electron chi connectivity index (χ1n) is 7.27. The molecule has 0 atom stereocenters. The first-order valence-corrected chi connectivity index (χ1v) is 7.27. The Labute approximate surface area is 133 Å². The molecule has 0 aliphatic carbocycles. The van der Waals surface area contributed by atoms with Crippen LogP contribution in [0.25, 0.3) is 11.3 Å². The fourth-order valence-electron chi connectivity index (χ4n) is 2.24. The van der Waals surface area contributed by atoms with Gasteiger partial charge in [-0.15, -0.1) is 0 Å². The van der Waals surface area contributed by atoms with Crippen LogP contribution in [0.3, 0.4) is 0 Å². The Morgan fingerprint density at radius 3 is 2.52 bits per heavy atom. The molecule has 1 aromatic carbocycles. The second-order valence-corrected chi connectivity index (χ2v) is 5.02. The largest absolute Gasteiger partial charge is 0.468 e. The molecule has 2 aromatic heterocycles. The lowest BCUT2D eigenvalue weighted by Crippen LogP contribution is -2.11. The van der Waals surface area contributed by atoms with Gasteiger partial charge in [-0.2, -0.15) is 0 Å². The van der Waals surface area contributed by atoms with Gasteiger partial charge in [-0.1, -0.05) is 12.1 Å². The minimum atomic E-state index is -0.348. The number of carbonyl (C=O) groups is 1. The van der Waals surface area contributed by atoms with Crippen molar-refractivity contribution in [3.8, 4) is 11.3 Å². The summed E-state index contributed by atoms with van der Waals surface area (Å²) in [5.74, 6) is 2.13. The van der Waals surface area contributed by atoms with E-state index in [1.165, 1.54) is 7.11 Å². The molecule has 5 heteroatoms. The van der Waals surface area contributed by atoms with Crippen molar-refractivity contribution in [2.24, 2.45) is 0 Å². The van der Waals surface area contributed by atoms with Crippen LogP contribution in [-0.4, -0.2) is 13.1 Å². The fraction of sp³-hybridized carbons (Fsp3) is 0.167. The van der Waals surface area contributed by atoms with Gasteiger partial charge in [0, 0.05) is 5.56 Å². The van der Waals surface area contributed by atoms with Crippen molar-refractivity contribution in [2.45, 2.75) is 13.1 Å². The van der Waals surface area contributed by atoms with Crippen molar-refractivity contribution in [2.75, 3.05) is 7.11 Å².